The highest BCUT2D eigenvalue weighted by Gasteiger charge is 2.14. The van der Waals surface area contributed by atoms with E-state index in [1.54, 1.807) is 24.2 Å². The van der Waals surface area contributed by atoms with Gasteiger partial charge in [-0.05, 0) is 24.3 Å². The lowest BCUT2D eigenvalue weighted by Crippen LogP contribution is -2.26. The molecule has 3 rings (SSSR count). The number of rotatable bonds is 3. The number of nitrogens with one attached hydrogen (secondary N) is 2. The quantitative estimate of drug-likeness (QED) is 0.752. The molecule has 1 amide bonds. The van der Waals surface area contributed by atoms with Gasteiger partial charge >= 0.3 is 0 Å². The monoisotopic (exact) mass is 254 g/mol. The molecular weight excluding hydrogens is 240 g/mol. The first-order valence-corrected chi connectivity index (χ1v) is 6.06. The van der Waals surface area contributed by atoms with E-state index in [1.807, 2.05) is 30.3 Å². The zero-order chi connectivity index (χ0) is 13.2. The van der Waals surface area contributed by atoms with Gasteiger partial charge in [-0.2, -0.15) is 0 Å². The smallest absolute Gasteiger partial charge is 0.270 e. The summed E-state index contributed by atoms with van der Waals surface area (Å²) in [6.07, 6.45) is 1.74. The summed E-state index contributed by atoms with van der Waals surface area (Å²) >= 11 is 0. The lowest BCUT2D eigenvalue weighted by molar-refractivity contribution is 0.0777. The van der Waals surface area contributed by atoms with Crippen LogP contribution in [-0.4, -0.2) is 32.8 Å². The molecule has 2 aromatic heterocycles. The standard InChI is InChI=1S/C14H14N4O/c1-18(14(19)12-7-4-8-15-12)9-13-16-10-5-2-3-6-11(10)17-13/h2-8,15H,9H2,1H3,(H,16,17). The third-order valence-electron chi connectivity index (χ3n) is 3.00. The Kier molecular flexibility index (Phi) is 2.79. The molecule has 96 valence electrons. The summed E-state index contributed by atoms with van der Waals surface area (Å²) in [5, 5.41) is 0. The van der Waals surface area contributed by atoms with Gasteiger partial charge in [-0.3, -0.25) is 4.79 Å². The van der Waals surface area contributed by atoms with Gasteiger partial charge in [0.1, 0.15) is 11.5 Å². The molecule has 0 aliphatic rings. The maximum atomic E-state index is 12.1. The minimum Gasteiger partial charge on any atom is -0.357 e. The van der Waals surface area contributed by atoms with Gasteiger partial charge in [0, 0.05) is 13.2 Å². The molecule has 0 spiro atoms. The lowest BCUT2D eigenvalue weighted by Gasteiger charge is -2.14. The fraction of sp³-hybridized carbons (Fsp3) is 0.143. The van der Waals surface area contributed by atoms with Crippen LogP contribution in [0.4, 0.5) is 0 Å². The average molecular weight is 254 g/mol. The number of H-pyrrole nitrogens is 2. The van der Waals surface area contributed by atoms with Crippen molar-refractivity contribution in [2.45, 2.75) is 6.54 Å². The van der Waals surface area contributed by atoms with Crippen LogP contribution < -0.4 is 0 Å². The molecule has 0 radical (unpaired) electrons. The van der Waals surface area contributed by atoms with Gasteiger partial charge in [0.25, 0.3) is 5.91 Å². The number of carbonyl (C=O) groups excluding carboxylic acids is 1. The van der Waals surface area contributed by atoms with Crippen LogP contribution in [0.15, 0.2) is 42.6 Å². The van der Waals surface area contributed by atoms with Crippen molar-refractivity contribution in [3.63, 3.8) is 0 Å². The number of benzene rings is 1. The fourth-order valence-corrected chi connectivity index (χ4v) is 2.05. The number of amides is 1. The molecule has 0 aliphatic heterocycles. The molecule has 0 atom stereocenters. The van der Waals surface area contributed by atoms with Crippen LogP contribution in [0.1, 0.15) is 16.3 Å². The Hall–Kier alpha value is -2.56. The molecule has 2 N–H and O–H groups in total. The molecule has 5 heteroatoms. The number of aromatic amines is 2. The molecule has 0 unspecified atom stereocenters. The molecule has 19 heavy (non-hydrogen) atoms. The normalized spacial score (nSPS) is 10.8. The van der Waals surface area contributed by atoms with Crippen molar-refractivity contribution in [2.24, 2.45) is 0 Å². The molecule has 0 saturated heterocycles. The molecule has 0 aliphatic carbocycles. The number of imidazole rings is 1. The third kappa shape index (κ3) is 2.22. The van der Waals surface area contributed by atoms with Gasteiger partial charge in [0.05, 0.1) is 17.6 Å². The van der Waals surface area contributed by atoms with Gasteiger partial charge in [-0.1, -0.05) is 12.1 Å². The van der Waals surface area contributed by atoms with E-state index in [2.05, 4.69) is 15.0 Å². The highest BCUT2D eigenvalue weighted by atomic mass is 16.2. The zero-order valence-electron chi connectivity index (χ0n) is 10.6. The average Bonchev–Trinajstić information content (AvgIpc) is 3.06. The molecular formula is C14H14N4O. The predicted octanol–water partition coefficient (Wildman–Crippen LogP) is 2.16. The van der Waals surface area contributed by atoms with Crippen molar-refractivity contribution in [1.29, 1.82) is 0 Å². The SMILES string of the molecule is CN(Cc1nc2ccccc2[nH]1)C(=O)c1ccc[nH]1. The summed E-state index contributed by atoms with van der Waals surface area (Å²) in [5.74, 6) is 0.731. The number of para-hydroxylation sites is 2. The Morgan fingerprint density at radius 2 is 2.11 bits per heavy atom. The number of hydrogen-bond acceptors (Lipinski definition) is 2. The predicted molar refractivity (Wildman–Crippen MR) is 72.7 cm³/mol. The largest absolute Gasteiger partial charge is 0.357 e. The Morgan fingerprint density at radius 3 is 2.84 bits per heavy atom. The summed E-state index contributed by atoms with van der Waals surface area (Å²) < 4.78 is 0. The van der Waals surface area contributed by atoms with E-state index < -0.39 is 0 Å². The fourth-order valence-electron chi connectivity index (χ4n) is 2.05. The molecule has 1 aromatic carbocycles. The Labute approximate surface area is 110 Å². The summed E-state index contributed by atoms with van der Waals surface area (Å²) in [6, 6.07) is 11.4. The molecule has 0 saturated carbocycles. The first-order chi connectivity index (χ1) is 9.24. The first kappa shape index (κ1) is 11.5. The van der Waals surface area contributed by atoms with Gasteiger partial charge in [-0.15, -0.1) is 0 Å². The van der Waals surface area contributed by atoms with Gasteiger partial charge in [-0.25, -0.2) is 4.98 Å². The summed E-state index contributed by atoms with van der Waals surface area (Å²) in [4.78, 5) is 24.3. The Balaban J connectivity index is 1.79. The topological polar surface area (TPSA) is 64.8 Å². The molecule has 0 fully saturated rings. The van der Waals surface area contributed by atoms with E-state index >= 15 is 0 Å². The Bertz CT molecular complexity index is 666. The van der Waals surface area contributed by atoms with Crippen molar-refractivity contribution in [3.05, 3.63) is 54.1 Å². The van der Waals surface area contributed by atoms with Crippen LogP contribution in [0.2, 0.25) is 0 Å². The van der Waals surface area contributed by atoms with Crippen molar-refractivity contribution in [3.8, 4) is 0 Å². The highest BCUT2D eigenvalue weighted by Crippen LogP contribution is 2.12. The molecule has 3 aromatic rings. The Morgan fingerprint density at radius 1 is 1.26 bits per heavy atom. The number of hydrogen-bond donors (Lipinski definition) is 2. The third-order valence-corrected chi connectivity index (χ3v) is 3.00. The maximum absolute atomic E-state index is 12.1. The summed E-state index contributed by atoms with van der Waals surface area (Å²) in [7, 11) is 1.76. The number of aromatic nitrogens is 3. The van der Waals surface area contributed by atoms with Crippen molar-refractivity contribution in [2.75, 3.05) is 7.05 Å². The van der Waals surface area contributed by atoms with Crippen LogP contribution >= 0.6 is 0 Å². The van der Waals surface area contributed by atoms with Crippen molar-refractivity contribution < 1.29 is 4.79 Å². The first-order valence-electron chi connectivity index (χ1n) is 6.06. The van der Waals surface area contributed by atoms with Crippen LogP contribution in [0.25, 0.3) is 11.0 Å². The van der Waals surface area contributed by atoms with E-state index in [4.69, 9.17) is 0 Å². The van der Waals surface area contributed by atoms with E-state index in [0.29, 0.717) is 12.2 Å². The van der Waals surface area contributed by atoms with Crippen LogP contribution in [0.5, 0.6) is 0 Å². The second-order valence-corrected chi connectivity index (χ2v) is 4.45. The highest BCUT2D eigenvalue weighted by molar-refractivity contribution is 5.92. The van der Waals surface area contributed by atoms with Crippen molar-refractivity contribution in [1.82, 2.24) is 19.9 Å². The minimum atomic E-state index is -0.0505. The van der Waals surface area contributed by atoms with E-state index in [9.17, 15) is 4.79 Å². The van der Waals surface area contributed by atoms with Crippen molar-refractivity contribution >= 4 is 16.9 Å². The second-order valence-electron chi connectivity index (χ2n) is 4.45. The lowest BCUT2D eigenvalue weighted by atomic mass is 10.3. The minimum absolute atomic E-state index is 0.0505. The summed E-state index contributed by atoms with van der Waals surface area (Å²) in [6.45, 7) is 0.451. The summed E-state index contributed by atoms with van der Waals surface area (Å²) in [5.41, 5.74) is 2.48. The van der Waals surface area contributed by atoms with E-state index in [1.165, 1.54) is 0 Å². The molecule has 5 nitrogen and oxygen atoms in total. The molecule has 0 bridgehead atoms. The second kappa shape index (κ2) is 4.61. The van der Waals surface area contributed by atoms with Gasteiger partial charge in [0.2, 0.25) is 0 Å². The van der Waals surface area contributed by atoms with Gasteiger partial charge < -0.3 is 14.9 Å². The van der Waals surface area contributed by atoms with Crippen LogP contribution in [-0.2, 0) is 6.54 Å². The van der Waals surface area contributed by atoms with Gasteiger partial charge in [0.15, 0.2) is 0 Å². The van der Waals surface area contributed by atoms with Crippen LogP contribution in [0.3, 0.4) is 0 Å². The van der Waals surface area contributed by atoms with Crippen LogP contribution in [0, 0.1) is 0 Å². The van der Waals surface area contributed by atoms with E-state index in [0.717, 1.165) is 16.9 Å². The maximum Gasteiger partial charge on any atom is 0.270 e. The number of fused-ring (bicyclic) bond motifs is 1. The zero-order valence-corrected chi connectivity index (χ0v) is 10.6. The molecule has 2 heterocycles. The van der Waals surface area contributed by atoms with E-state index in [-0.39, 0.29) is 5.91 Å². The number of nitrogens with zero attached hydrogens (tertiary/aromatic N) is 2. The number of carbonyl (C=O) groups is 1.